The maximum Gasteiger partial charge on any atom is 0.416 e. The second-order valence-electron chi connectivity index (χ2n) is 4.89. The number of alkyl halides is 3. The van der Waals surface area contributed by atoms with E-state index in [9.17, 15) is 17.6 Å². The number of hydrogen-bond acceptors (Lipinski definition) is 1. The molecule has 0 bridgehead atoms. The Bertz CT molecular complexity index is 451. The van der Waals surface area contributed by atoms with Gasteiger partial charge in [0.25, 0.3) is 0 Å². The maximum atomic E-state index is 13.9. The van der Waals surface area contributed by atoms with E-state index < -0.39 is 17.6 Å². The van der Waals surface area contributed by atoms with Gasteiger partial charge in [-0.25, -0.2) is 4.39 Å². The maximum absolute atomic E-state index is 13.9. The molecule has 100 valence electrons. The lowest BCUT2D eigenvalue weighted by molar-refractivity contribution is -0.137. The number of rotatable bonds is 1. The van der Waals surface area contributed by atoms with Gasteiger partial charge in [0.2, 0.25) is 0 Å². The zero-order valence-corrected chi connectivity index (χ0v) is 10.1. The highest BCUT2D eigenvalue weighted by atomic mass is 19.4. The lowest BCUT2D eigenvalue weighted by Gasteiger charge is -2.29. The average Bonchev–Trinajstić information content (AvgIpc) is 2.26. The Hall–Kier alpha value is -1.10. The van der Waals surface area contributed by atoms with E-state index in [-0.39, 0.29) is 18.4 Å². The quantitative estimate of drug-likeness (QED) is 0.692. The first-order chi connectivity index (χ1) is 8.30. The lowest BCUT2D eigenvalue weighted by Crippen LogP contribution is -2.23. The summed E-state index contributed by atoms with van der Waals surface area (Å²) in [5.41, 5.74) is -0.261. The van der Waals surface area contributed by atoms with E-state index in [4.69, 9.17) is 4.74 Å². The molecule has 0 amide bonds. The first kappa shape index (κ1) is 13.3. The molecule has 1 nitrogen and oxygen atoms in total. The lowest BCUT2D eigenvalue weighted by atomic mass is 9.84. The van der Waals surface area contributed by atoms with Crippen molar-refractivity contribution in [1.29, 1.82) is 0 Å². The number of ether oxygens (including phenoxy) is 1. The van der Waals surface area contributed by atoms with Crippen LogP contribution < -0.4 is 0 Å². The molecule has 0 saturated carbocycles. The number of benzene rings is 1. The standard InChI is InChI=1S/C13H14F4O/c1-7(2)10-6-18-5-8-3-9(13(15,16)17)4-11(14)12(8)10/h3-4,7,10H,5-6H2,1-2H3/t10-/m0/s1. The summed E-state index contributed by atoms with van der Waals surface area (Å²) in [5, 5.41) is 0. The minimum absolute atomic E-state index is 0.0411. The minimum atomic E-state index is -4.53. The van der Waals surface area contributed by atoms with Crippen LogP contribution in [0.4, 0.5) is 17.6 Å². The van der Waals surface area contributed by atoms with Crippen LogP contribution in [0.2, 0.25) is 0 Å². The highest BCUT2D eigenvalue weighted by Gasteiger charge is 2.35. The summed E-state index contributed by atoms with van der Waals surface area (Å²) < 4.78 is 56.9. The summed E-state index contributed by atoms with van der Waals surface area (Å²) in [6.07, 6.45) is -4.53. The van der Waals surface area contributed by atoms with E-state index >= 15 is 0 Å². The van der Waals surface area contributed by atoms with Crippen molar-refractivity contribution < 1.29 is 22.3 Å². The van der Waals surface area contributed by atoms with Crippen molar-refractivity contribution in [1.82, 2.24) is 0 Å². The van der Waals surface area contributed by atoms with Gasteiger partial charge in [-0.15, -0.1) is 0 Å². The minimum Gasteiger partial charge on any atom is -0.376 e. The van der Waals surface area contributed by atoms with Crippen molar-refractivity contribution in [3.63, 3.8) is 0 Å². The van der Waals surface area contributed by atoms with Gasteiger partial charge in [-0.1, -0.05) is 13.8 Å². The van der Waals surface area contributed by atoms with Gasteiger partial charge in [0, 0.05) is 5.92 Å². The summed E-state index contributed by atoms with van der Waals surface area (Å²) in [5.74, 6) is -0.840. The topological polar surface area (TPSA) is 9.23 Å². The van der Waals surface area contributed by atoms with Crippen molar-refractivity contribution in [3.05, 3.63) is 34.6 Å². The summed E-state index contributed by atoms with van der Waals surface area (Å²) in [7, 11) is 0. The normalized spacial score (nSPS) is 20.1. The molecule has 18 heavy (non-hydrogen) atoms. The van der Waals surface area contributed by atoms with Crippen LogP contribution >= 0.6 is 0 Å². The monoisotopic (exact) mass is 262 g/mol. The molecule has 2 rings (SSSR count). The largest absolute Gasteiger partial charge is 0.416 e. The van der Waals surface area contributed by atoms with Crippen LogP contribution in [0.1, 0.15) is 36.5 Å². The van der Waals surface area contributed by atoms with Crippen LogP contribution in [-0.2, 0) is 17.5 Å². The highest BCUT2D eigenvalue weighted by Crippen LogP contribution is 2.38. The fourth-order valence-corrected chi connectivity index (χ4v) is 2.28. The zero-order valence-electron chi connectivity index (χ0n) is 10.1. The van der Waals surface area contributed by atoms with Gasteiger partial charge >= 0.3 is 6.18 Å². The Labute approximate surface area is 103 Å². The van der Waals surface area contributed by atoms with Crippen LogP contribution in [0.25, 0.3) is 0 Å². The molecule has 0 spiro atoms. The van der Waals surface area contributed by atoms with Crippen molar-refractivity contribution in [2.75, 3.05) is 6.61 Å². The van der Waals surface area contributed by atoms with E-state index in [1.165, 1.54) is 0 Å². The molecule has 1 atom stereocenters. The van der Waals surface area contributed by atoms with Gasteiger partial charge in [-0.05, 0) is 29.2 Å². The van der Waals surface area contributed by atoms with Gasteiger partial charge in [0.15, 0.2) is 0 Å². The summed E-state index contributed by atoms with van der Waals surface area (Å²) in [4.78, 5) is 0. The predicted octanol–water partition coefficient (Wildman–Crippen LogP) is 4.11. The fourth-order valence-electron chi connectivity index (χ4n) is 2.28. The van der Waals surface area contributed by atoms with E-state index in [1.54, 1.807) is 0 Å². The van der Waals surface area contributed by atoms with Crippen molar-refractivity contribution >= 4 is 0 Å². The van der Waals surface area contributed by atoms with E-state index in [0.717, 1.165) is 6.07 Å². The highest BCUT2D eigenvalue weighted by molar-refractivity contribution is 5.38. The fraction of sp³-hybridized carbons (Fsp3) is 0.538. The van der Waals surface area contributed by atoms with Crippen LogP contribution in [0.5, 0.6) is 0 Å². The smallest absolute Gasteiger partial charge is 0.376 e. The summed E-state index contributed by atoms with van der Waals surface area (Å²) in [6.45, 7) is 4.20. The number of fused-ring (bicyclic) bond motifs is 1. The summed E-state index contributed by atoms with van der Waals surface area (Å²) in [6, 6.07) is 1.58. The second-order valence-corrected chi connectivity index (χ2v) is 4.89. The van der Waals surface area contributed by atoms with Crippen molar-refractivity contribution in [3.8, 4) is 0 Å². The Morgan fingerprint density at radius 2 is 1.94 bits per heavy atom. The van der Waals surface area contributed by atoms with Gasteiger partial charge in [0.05, 0.1) is 18.8 Å². The van der Waals surface area contributed by atoms with E-state index in [2.05, 4.69) is 0 Å². The van der Waals surface area contributed by atoms with Gasteiger partial charge in [-0.2, -0.15) is 13.2 Å². The van der Waals surface area contributed by atoms with Crippen molar-refractivity contribution in [2.24, 2.45) is 5.92 Å². The first-order valence-corrected chi connectivity index (χ1v) is 5.78. The molecule has 0 aromatic heterocycles. The molecule has 0 fully saturated rings. The number of halogens is 4. The first-order valence-electron chi connectivity index (χ1n) is 5.78. The Balaban J connectivity index is 2.52. The average molecular weight is 262 g/mol. The SMILES string of the molecule is CC(C)[C@@H]1COCc2cc(C(F)(F)F)cc(F)c21. The Kier molecular flexibility index (Phi) is 3.36. The van der Waals surface area contributed by atoms with Crippen LogP contribution in [0.15, 0.2) is 12.1 Å². The molecule has 1 aliphatic rings. The molecule has 0 unspecified atom stereocenters. The molecule has 0 saturated heterocycles. The number of hydrogen-bond donors (Lipinski definition) is 0. The Morgan fingerprint density at radius 1 is 1.28 bits per heavy atom. The van der Waals surface area contributed by atoms with Crippen LogP contribution in [0, 0.1) is 11.7 Å². The zero-order chi connectivity index (χ0) is 13.5. The molecule has 0 N–H and O–H groups in total. The van der Waals surface area contributed by atoms with E-state index in [1.807, 2.05) is 13.8 Å². The molecule has 1 aromatic carbocycles. The molecular formula is C13H14F4O. The molecule has 1 aromatic rings. The molecule has 0 aliphatic carbocycles. The van der Waals surface area contributed by atoms with Crippen LogP contribution in [-0.4, -0.2) is 6.61 Å². The predicted molar refractivity (Wildman–Crippen MR) is 58.6 cm³/mol. The Morgan fingerprint density at radius 3 is 2.50 bits per heavy atom. The molecule has 5 heteroatoms. The molecule has 1 aliphatic heterocycles. The molecule has 1 heterocycles. The van der Waals surface area contributed by atoms with Crippen molar-refractivity contribution in [2.45, 2.75) is 32.5 Å². The third-order valence-corrected chi connectivity index (χ3v) is 3.27. The third kappa shape index (κ3) is 2.36. The van der Waals surface area contributed by atoms with Gasteiger partial charge in [-0.3, -0.25) is 0 Å². The van der Waals surface area contributed by atoms with Gasteiger partial charge < -0.3 is 4.74 Å². The molecule has 0 radical (unpaired) electrons. The third-order valence-electron chi connectivity index (χ3n) is 3.27. The molecular weight excluding hydrogens is 248 g/mol. The second kappa shape index (κ2) is 4.53. The van der Waals surface area contributed by atoms with E-state index in [0.29, 0.717) is 23.8 Å². The van der Waals surface area contributed by atoms with Crippen LogP contribution in [0.3, 0.4) is 0 Å². The van der Waals surface area contributed by atoms with Gasteiger partial charge in [0.1, 0.15) is 5.82 Å². The summed E-state index contributed by atoms with van der Waals surface area (Å²) >= 11 is 0.